The van der Waals surface area contributed by atoms with E-state index >= 15 is 0 Å². The van der Waals surface area contributed by atoms with Gasteiger partial charge in [-0.25, -0.2) is 0 Å². The van der Waals surface area contributed by atoms with Crippen LogP contribution in [0.25, 0.3) is 11.6 Å². The Morgan fingerprint density at radius 2 is 1.70 bits per heavy atom. The summed E-state index contributed by atoms with van der Waals surface area (Å²) in [6.45, 7) is 0. The van der Waals surface area contributed by atoms with E-state index in [0.29, 0.717) is 0 Å². The molecule has 0 saturated carbocycles. The lowest BCUT2D eigenvalue weighted by Crippen LogP contribution is -1.97. The first kappa shape index (κ1) is 13.0. The van der Waals surface area contributed by atoms with Crippen LogP contribution >= 0.6 is 0 Å². The number of ether oxygens (including phenoxy) is 1. The van der Waals surface area contributed by atoms with E-state index in [-0.39, 0.29) is 0 Å². The first-order valence-corrected chi connectivity index (χ1v) is 7.30. The number of aryl methyl sites for hydroxylation is 1. The molecule has 2 aromatic rings. The Kier molecular flexibility index (Phi) is 3.87. The number of rotatable bonds is 2. The maximum absolute atomic E-state index is 5.34. The molecule has 0 radical (unpaired) electrons. The van der Waals surface area contributed by atoms with Gasteiger partial charge in [-0.2, -0.15) is 0 Å². The standard InChI is InChI=1S/C19H20O/c1-20-19-12-11-18-13-16(15-7-3-2-4-8-15)9-5-6-10-17(18)14-19/h2-4,7-8,11-14H,5-6,9-10H2,1H3/b16-13+. The van der Waals surface area contributed by atoms with Gasteiger partial charge in [0.25, 0.3) is 0 Å². The maximum atomic E-state index is 5.34. The van der Waals surface area contributed by atoms with Crippen LogP contribution < -0.4 is 4.74 Å². The summed E-state index contributed by atoms with van der Waals surface area (Å²) in [4.78, 5) is 0. The molecule has 0 spiro atoms. The molecule has 1 aliphatic rings. The molecule has 0 unspecified atom stereocenters. The van der Waals surface area contributed by atoms with Crippen molar-refractivity contribution in [2.45, 2.75) is 25.7 Å². The van der Waals surface area contributed by atoms with Crippen LogP contribution in [0.5, 0.6) is 5.75 Å². The lowest BCUT2D eigenvalue weighted by molar-refractivity contribution is 0.414. The highest BCUT2D eigenvalue weighted by Gasteiger charge is 2.09. The molecule has 102 valence electrons. The second-order valence-electron chi connectivity index (χ2n) is 5.31. The van der Waals surface area contributed by atoms with Crippen molar-refractivity contribution >= 4 is 11.6 Å². The quantitative estimate of drug-likeness (QED) is 0.744. The lowest BCUT2D eigenvalue weighted by Gasteiger charge is -2.15. The first-order chi connectivity index (χ1) is 9.86. The summed E-state index contributed by atoms with van der Waals surface area (Å²) in [6, 6.07) is 17.1. The Hall–Kier alpha value is -2.02. The fraction of sp³-hybridized carbons (Fsp3) is 0.263. The minimum absolute atomic E-state index is 0.957. The largest absolute Gasteiger partial charge is 0.497 e. The number of methoxy groups -OCH3 is 1. The minimum Gasteiger partial charge on any atom is -0.497 e. The van der Waals surface area contributed by atoms with E-state index in [4.69, 9.17) is 4.74 Å². The van der Waals surface area contributed by atoms with Crippen LogP contribution in [-0.2, 0) is 6.42 Å². The molecule has 0 atom stereocenters. The number of fused-ring (bicyclic) bond motifs is 1. The summed E-state index contributed by atoms with van der Waals surface area (Å²) < 4.78 is 5.34. The molecule has 1 nitrogen and oxygen atoms in total. The summed E-state index contributed by atoms with van der Waals surface area (Å²) in [5.41, 5.74) is 5.52. The van der Waals surface area contributed by atoms with Crippen LogP contribution in [-0.4, -0.2) is 7.11 Å². The lowest BCUT2D eigenvalue weighted by atomic mass is 9.91. The molecular formula is C19H20O. The third kappa shape index (κ3) is 2.77. The number of hydrogen-bond donors (Lipinski definition) is 0. The van der Waals surface area contributed by atoms with Gasteiger partial charge in [0, 0.05) is 0 Å². The van der Waals surface area contributed by atoms with Gasteiger partial charge in [0.05, 0.1) is 7.11 Å². The smallest absolute Gasteiger partial charge is 0.119 e. The Labute approximate surface area is 120 Å². The van der Waals surface area contributed by atoms with Crippen molar-refractivity contribution in [3.63, 3.8) is 0 Å². The van der Waals surface area contributed by atoms with Crippen molar-refractivity contribution in [1.82, 2.24) is 0 Å². The van der Waals surface area contributed by atoms with Crippen LogP contribution in [0.3, 0.4) is 0 Å². The molecule has 2 aromatic carbocycles. The minimum atomic E-state index is 0.957. The van der Waals surface area contributed by atoms with E-state index in [2.05, 4.69) is 54.6 Å². The van der Waals surface area contributed by atoms with E-state index in [1.165, 1.54) is 35.1 Å². The van der Waals surface area contributed by atoms with Crippen LogP contribution in [0.1, 0.15) is 36.0 Å². The topological polar surface area (TPSA) is 9.23 Å². The van der Waals surface area contributed by atoms with E-state index in [9.17, 15) is 0 Å². The number of benzene rings is 2. The van der Waals surface area contributed by atoms with Crippen molar-refractivity contribution in [3.8, 4) is 5.75 Å². The van der Waals surface area contributed by atoms with Crippen LogP contribution in [0.15, 0.2) is 48.5 Å². The monoisotopic (exact) mass is 264 g/mol. The average Bonchev–Trinajstić information content (AvgIpc) is 2.49. The molecule has 0 amide bonds. The SMILES string of the molecule is COc1ccc2c(c1)CCCC/C(c1ccccc1)=C\2. The van der Waals surface area contributed by atoms with Gasteiger partial charge >= 0.3 is 0 Å². The van der Waals surface area contributed by atoms with Gasteiger partial charge in [0.15, 0.2) is 0 Å². The van der Waals surface area contributed by atoms with Crippen molar-refractivity contribution in [2.75, 3.05) is 7.11 Å². The molecule has 0 saturated heterocycles. The summed E-state index contributed by atoms with van der Waals surface area (Å²) >= 11 is 0. The van der Waals surface area contributed by atoms with Gasteiger partial charge in [-0.3, -0.25) is 0 Å². The fourth-order valence-electron chi connectivity index (χ4n) is 2.84. The predicted molar refractivity (Wildman–Crippen MR) is 84.9 cm³/mol. The number of allylic oxidation sites excluding steroid dienone is 1. The van der Waals surface area contributed by atoms with E-state index < -0.39 is 0 Å². The molecule has 20 heavy (non-hydrogen) atoms. The Bertz CT molecular complexity index is 611. The molecule has 0 aromatic heterocycles. The van der Waals surface area contributed by atoms with Crippen molar-refractivity contribution in [2.24, 2.45) is 0 Å². The third-order valence-electron chi connectivity index (χ3n) is 3.97. The highest BCUT2D eigenvalue weighted by molar-refractivity contribution is 5.82. The van der Waals surface area contributed by atoms with E-state index in [1.54, 1.807) is 7.11 Å². The van der Waals surface area contributed by atoms with Gasteiger partial charge in [0.1, 0.15) is 5.75 Å². The third-order valence-corrected chi connectivity index (χ3v) is 3.97. The van der Waals surface area contributed by atoms with E-state index in [0.717, 1.165) is 18.6 Å². The molecule has 0 heterocycles. The second kappa shape index (κ2) is 5.96. The summed E-state index contributed by atoms with van der Waals surface area (Å²) in [7, 11) is 1.73. The first-order valence-electron chi connectivity index (χ1n) is 7.30. The van der Waals surface area contributed by atoms with E-state index in [1.807, 2.05) is 0 Å². The van der Waals surface area contributed by atoms with Crippen molar-refractivity contribution in [3.05, 3.63) is 65.2 Å². The normalized spacial score (nSPS) is 17.4. The number of hydrogen-bond acceptors (Lipinski definition) is 1. The van der Waals surface area contributed by atoms with Gasteiger partial charge in [-0.15, -0.1) is 0 Å². The molecule has 0 N–H and O–H groups in total. The van der Waals surface area contributed by atoms with Crippen molar-refractivity contribution < 1.29 is 4.74 Å². The molecule has 0 bridgehead atoms. The Morgan fingerprint density at radius 3 is 2.50 bits per heavy atom. The van der Waals surface area contributed by atoms with Gasteiger partial charge < -0.3 is 4.74 Å². The molecule has 0 aliphatic heterocycles. The summed E-state index contributed by atoms with van der Waals surface area (Å²) in [5.74, 6) is 0.957. The Morgan fingerprint density at radius 1 is 0.900 bits per heavy atom. The molecule has 0 fully saturated rings. The second-order valence-corrected chi connectivity index (χ2v) is 5.31. The molecule has 1 aliphatic carbocycles. The zero-order valence-electron chi connectivity index (χ0n) is 11.9. The highest BCUT2D eigenvalue weighted by atomic mass is 16.5. The average molecular weight is 264 g/mol. The van der Waals surface area contributed by atoms with Gasteiger partial charge in [-0.1, -0.05) is 42.5 Å². The predicted octanol–water partition coefficient (Wildman–Crippen LogP) is 4.96. The summed E-state index contributed by atoms with van der Waals surface area (Å²) in [5, 5.41) is 0. The van der Waals surface area contributed by atoms with Crippen LogP contribution in [0.4, 0.5) is 0 Å². The zero-order chi connectivity index (χ0) is 13.8. The molecular weight excluding hydrogens is 244 g/mol. The Balaban J connectivity index is 2.03. The van der Waals surface area contributed by atoms with Crippen molar-refractivity contribution in [1.29, 1.82) is 0 Å². The van der Waals surface area contributed by atoms with Gasteiger partial charge in [-0.05, 0) is 60.1 Å². The van der Waals surface area contributed by atoms with Crippen LogP contribution in [0, 0.1) is 0 Å². The molecule has 3 rings (SSSR count). The summed E-state index contributed by atoms with van der Waals surface area (Å²) in [6.07, 6.45) is 7.14. The highest BCUT2D eigenvalue weighted by Crippen LogP contribution is 2.30. The van der Waals surface area contributed by atoms with Gasteiger partial charge in [0.2, 0.25) is 0 Å². The molecule has 1 heteroatoms. The van der Waals surface area contributed by atoms with Crippen LogP contribution in [0.2, 0.25) is 0 Å². The fourth-order valence-corrected chi connectivity index (χ4v) is 2.84. The zero-order valence-corrected chi connectivity index (χ0v) is 11.9. The maximum Gasteiger partial charge on any atom is 0.119 e.